The van der Waals surface area contributed by atoms with Crippen molar-refractivity contribution in [3.05, 3.63) is 70.3 Å². The molecule has 0 saturated heterocycles. The Kier molecular flexibility index (Phi) is 11.5. The van der Waals surface area contributed by atoms with Crippen LogP contribution in [-0.2, 0) is 32.5 Å². The van der Waals surface area contributed by atoms with Crippen LogP contribution < -0.4 is 14.4 Å². The van der Waals surface area contributed by atoms with E-state index in [4.69, 9.17) is 25.8 Å². The molecule has 3 aliphatic rings. The Morgan fingerprint density at radius 1 is 1.09 bits per heavy atom. The van der Waals surface area contributed by atoms with Gasteiger partial charge < -0.3 is 19.1 Å². The normalized spacial score (nSPS) is 27.9. The smallest absolute Gasteiger partial charge is 0.264 e. The number of ether oxygens (including phenoxy) is 3. The zero-order valence-corrected chi connectivity index (χ0v) is 28.2. The number of allylic oxidation sites excluding steroid dienone is 1. The van der Waals surface area contributed by atoms with Crippen LogP contribution in [0.1, 0.15) is 73.9 Å². The van der Waals surface area contributed by atoms with Gasteiger partial charge >= 0.3 is 0 Å². The molecule has 8 nitrogen and oxygen atoms in total. The summed E-state index contributed by atoms with van der Waals surface area (Å²) in [4.78, 5) is 15.8. The fraction of sp³-hybridized carbons (Fsp3) is 0.571. The number of hydrogen-bond acceptors (Lipinski definition) is 7. The van der Waals surface area contributed by atoms with E-state index < -0.39 is 21.2 Å². The summed E-state index contributed by atoms with van der Waals surface area (Å²) < 4.78 is 47.5. The molecule has 45 heavy (non-hydrogen) atoms. The predicted molar refractivity (Wildman–Crippen MR) is 179 cm³/mol. The van der Waals surface area contributed by atoms with Gasteiger partial charge in [0.05, 0.1) is 30.3 Å². The number of methoxy groups -OCH3 is 1. The average Bonchev–Trinajstić information content (AvgIpc) is 3.02. The zero-order chi connectivity index (χ0) is 32.0. The molecule has 1 N–H and O–H groups in total. The lowest BCUT2D eigenvalue weighted by molar-refractivity contribution is -0.0308. The number of halogens is 1. The summed E-state index contributed by atoms with van der Waals surface area (Å²) in [6, 6.07) is 11.2. The van der Waals surface area contributed by atoms with Crippen LogP contribution in [0.3, 0.4) is 0 Å². The Balaban J connectivity index is 1.54. The van der Waals surface area contributed by atoms with Crippen molar-refractivity contribution in [3.8, 4) is 5.75 Å². The molecular weight excluding hydrogens is 612 g/mol. The molecule has 0 spiro atoms. The number of fused-ring (bicyclic) bond motifs is 3. The molecule has 2 bridgehead atoms. The summed E-state index contributed by atoms with van der Waals surface area (Å²) in [5.74, 6) is 0.584. The number of anilines is 1. The summed E-state index contributed by atoms with van der Waals surface area (Å²) >= 11 is 6.34. The Hall–Kier alpha value is -2.59. The number of sulfonamides is 1. The maximum Gasteiger partial charge on any atom is 0.264 e. The molecule has 5 rings (SSSR count). The highest BCUT2D eigenvalue weighted by Crippen LogP contribution is 2.42. The fourth-order valence-electron chi connectivity index (χ4n) is 6.98. The van der Waals surface area contributed by atoms with Crippen molar-refractivity contribution < 1.29 is 27.4 Å². The second-order valence-corrected chi connectivity index (χ2v) is 15.0. The summed E-state index contributed by atoms with van der Waals surface area (Å²) in [6.45, 7) is 6.73. The molecule has 5 atom stereocenters. The average molecular weight is 659 g/mol. The van der Waals surface area contributed by atoms with Crippen LogP contribution in [0.4, 0.5) is 5.69 Å². The molecular formula is C35H47ClN2O6S. The Morgan fingerprint density at radius 3 is 2.69 bits per heavy atom. The number of amides is 1. The van der Waals surface area contributed by atoms with E-state index in [1.807, 2.05) is 32.0 Å². The molecule has 2 aliphatic heterocycles. The monoisotopic (exact) mass is 658 g/mol. The van der Waals surface area contributed by atoms with E-state index in [9.17, 15) is 13.2 Å². The van der Waals surface area contributed by atoms with Gasteiger partial charge in [-0.05, 0) is 104 Å². The van der Waals surface area contributed by atoms with Gasteiger partial charge in [0.2, 0.25) is 10.0 Å². The van der Waals surface area contributed by atoms with Crippen LogP contribution in [0, 0.1) is 17.8 Å². The second-order valence-electron chi connectivity index (χ2n) is 12.7. The highest BCUT2D eigenvalue weighted by molar-refractivity contribution is 7.90. The fourth-order valence-corrected chi connectivity index (χ4v) is 8.86. The van der Waals surface area contributed by atoms with Crippen molar-refractivity contribution in [2.75, 3.05) is 38.3 Å². The first-order valence-electron chi connectivity index (χ1n) is 16.3. The first-order valence-corrected chi connectivity index (χ1v) is 18.2. The summed E-state index contributed by atoms with van der Waals surface area (Å²) in [5, 5.41) is 0.00402. The molecule has 0 unspecified atom stereocenters. The molecule has 2 heterocycles. The van der Waals surface area contributed by atoms with Gasteiger partial charge in [-0.15, -0.1) is 0 Å². The highest BCUT2D eigenvalue weighted by atomic mass is 35.5. The van der Waals surface area contributed by atoms with Gasteiger partial charge in [0, 0.05) is 30.8 Å². The van der Waals surface area contributed by atoms with Gasteiger partial charge in [0.1, 0.15) is 12.4 Å². The second kappa shape index (κ2) is 15.3. The number of benzene rings is 2. The minimum Gasteiger partial charge on any atom is -0.487 e. The lowest BCUT2D eigenvalue weighted by Gasteiger charge is -2.44. The van der Waals surface area contributed by atoms with Crippen molar-refractivity contribution in [1.82, 2.24) is 4.72 Å². The van der Waals surface area contributed by atoms with Gasteiger partial charge in [0.25, 0.3) is 5.91 Å². The molecule has 10 heteroatoms. The van der Waals surface area contributed by atoms with E-state index in [1.54, 1.807) is 25.3 Å². The zero-order valence-electron chi connectivity index (χ0n) is 26.7. The van der Waals surface area contributed by atoms with Crippen LogP contribution in [0.5, 0.6) is 5.75 Å². The third-order valence-electron chi connectivity index (χ3n) is 9.69. The molecule has 0 radical (unpaired) electrons. The van der Waals surface area contributed by atoms with Crippen LogP contribution in [-0.4, -0.2) is 59.1 Å². The summed E-state index contributed by atoms with van der Waals surface area (Å²) in [7, 11) is -2.25. The van der Waals surface area contributed by atoms with E-state index in [1.165, 1.54) is 5.56 Å². The number of aryl methyl sites for hydroxylation is 1. The minimum absolute atomic E-state index is 0.0828. The Bertz CT molecular complexity index is 1460. The molecule has 2 aromatic carbocycles. The Morgan fingerprint density at radius 2 is 1.93 bits per heavy atom. The number of nitrogens with one attached hydrogen (secondary N) is 1. The molecule has 2 aromatic rings. The van der Waals surface area contributed by atoms with Gasteiger partial charge in [-0.2, -0.15) is 0 Å². The quantitative estimate of drug-likeness (QED) is 0.288. The lowest BCUT2D eigenvalue weighted by atomic mass is 9.70. The standard InChI is InChI=1S/C35H47ClN2O6S/c1-4-34-24(2)8-7-10-32(43-19-18-42-3)30-15-12-27(30)22-38-17-6-5-9-25-20-29(36)14-11-28(25)23-44-33-16-13-26(21-31(33)38)35(39)37-45(34,40)41/h7,10-11,13-14,16,20-21,24,27,30,32,34H,4-6,8-9,12,15,17-19,22-23H2,1-3H3,(H,37,39)/b10-7+/t24-,27-,30+,32-,34+/m0/s1. The SMILES string of the molecule is CC[C@@H]1[C@@H](C)C/C=C/[C@H](OCCOC)[C@@H]2CC[C@H]2CN2CCCCc3cc(Cl)ccc3COc3ccc(cc32)C(=O)NS1(=O)=O. The maximum atomic E-state index is 13.5. The Labute approximate surface area is 273 Å². The molecule has 1 fully saturated rings. The third-order valence-corrected chi connectivity index (χ3v) is 12.0. The lowest BCUT2D eigenvalue weighted by Crippen LogP contribution is -2.44. The van der Waals surface area contributed by atoms with Crippen molar-refractivity contribution in [3.63, 3.8) is 0 Å². The van der Waals surface area contributed by atoms with E-state index in [0.717, 1.165) is 56.4 Å². The number of rotatable bonds is 5. The van der Waals surface area contributed by atoms with Gasteiger partial charge in [-0.1, -0.05) is 43.7 Å². The predicted octanol–water partition coefficient (Wildman–Crippen LogP) is 6.55. The summed E-state index contributed by atoms with van der Waals surface area (Å²) in [6.07, 6.45) is 10.0. The van der Waals surface area contributed by atoms with Crippen LogP contribution in [0.2, 0.25) is 5.02 Å². The van der Waals surface area contributed by atoms with E-state index in [0.29, 0.717) is 60.8 Å². The summed E-state index contributed by atoms with van der Waals surface area (Å²) in [5.41, 5.74) is 3.38. The largest absolute Gasteiger partial charge is 0.487 e. The van der Waals surface area contributed by atoms with Crippen molar-refractivity contribution in [2.24, 2.45) is 17.8 Å². The molecule has 0 aromatic heterocycles. The molecule has 1 amide bonds. The number of nitrogens with zero attached hydrogens (tertiary/aromatic N) is 1. The van der Waals surface area contributed by atoms with Gasteiger partial charge in [-0.3, -0.25) is 4.79 Å². The molecule has 1 aliphatic carbocycles. The number of carbonyl (C=O) groups is 1. The topological polar surface area (TPSA) is 94.2 Å². The van der Waals surface area contributed by atoms with Crippen molar-refractivity contribution >= 4 is 33.2 Å². The number of hydrogen-bond donors (Lipinski definition) is 1. The number of carbonyl (C=O) groups excluding carboxylic acids is 1. The van der Waals surface area contributed by atoms with E-state index >= 15 is 0 Å². The van der Waals surface area contributed by atoms with E-state index in [2.05, 4.69) is 21.8 Å². The maximum absolute atomic E-state index is 13.5. The van der Waals surface area contributed by atoms with Crippen LogP contribution in [0.25, 0.3) is 0 Å². The van der Waals surface area contributed by atoms with Gasteiger partial charge in [0.15, 0.2) is 0 Å². The van der Waals surface area contributed by atoms with E-state index in [-0.39, 0.29) is 12.0 Å². The van der Waals surface area contributed by atoms with Crippen LogP contribution in [0.15, 0.2) is 48.6 Å². The highest BCUT2D eigenvalue weighted by Gasteiger charge is 2.38. The first kappa shape index (κ1) is 33.8. The van der Waals surface area contributed by atoms with Crippen molar-refractivity contribution in [2.45, 2.75) is 76.8 Å². The first-order chi connectivity index (χ1) is 21.7. The third kappa shape index (κ3) is 8.23. The van der Waals surface area contributed by atoms with Gasteiger partial charge in [-0.25, -0.2) is 13.1 Å². The van der Waals surface area contributed by atoms with Crippen LogP contribution >= 0.6 is 11.6 Å². The molecule has 246 valence electrons. The minimum atomic E-state index is -3.92. The van der Waals surface area contributed by atoms with Crippen molar-refractivity contribution in [1.29, 1.82) is 0 Å². The molecule has 1 saturated carbocycles.